The molecule has 2 aromatic rings. The lowest BCUT2D eigenvalue weighted by atomic mass is 10.1. The predicted molar refractivity (Wildman–Crippen MR) is 80.8 cm³/mol. The first-order valence-corrected chi connectivity index (χ1v) is 6.61. The van der Waals surface area contributed by atoms with Gasteiger partial charge in [-0.1, -0.05) is 60.2 Å². The van der Waals surface area contributed by atoms with Gasteiger partial charge in [-0.05, 0) is 24.1 Å². The Morgan fingerprint density at radius 2 is 1.80 bits per heavy atom. The van der Waals surface area contributed by atoms with E-state index in [-0.39, 0.29) is 6.10 Å². The summed E-state index contributed by atoms with van der Waals surface area (Å²) >= 11 is 0. The number of rotatable bonds is 3. The smallest absolute Gasteiger partial charge is 0.150 e. The molecule has 1 atom stereocenters. The average Bonchev–Trinajstić information content (AvgIpc) is 2.96. The van der Waals surface area contributed by atoms with Crippen LogP contribution >= 0.6 is 0 Å². The number of benzene rings is 2. The van der Waals surface area contributed by atoms with E-state index in [0.717, 1.165) is 11.1 Å². The first-order valence-electron chi connectivity index (χ1n) is 6.61. The fourth-order valence-electron chi connectivity index (χ4n) is 1.99. The standard InChI is InChI=1S/C17H16N2O/c1-14-7-9-16(10-8-14)17-13-18-19(20-17)12-11-15-5-3-2-4-6-15/h2-13,17H,1H3. The van der Waals surface area contributed by atoms with Gasteiger partial charge in [-0.15, -0.1) is 5.17 Å². The van der Waals surface area contributed by atoms with E-state index in [1.165, 1.54) is 10.7 Å². The van der Waals surface area contributed by atoms with Gasteiger partial charge >= 0.3 is 0 Å². The Kier molecular flexibility index (Phi) is 3.61. The number of hydrogen-bond acceptors (Lipinski definition) is 3. The summed E-state index contributed by atoms with van der Waals surface area (Å²) in [4.78, 5) is 5.73. The number of nitrogens with zero attached hydrogens (tertiary/aromatic N) is 2. The van der Waals surface area contributed by atoms with Crippen molar-refractivity contribution in [2.45, 2.75) is 13.0 Å². The highest BCUT2D eigenvalue weighted by Gasteiger charge is 2.18. The van der Waals surface area contributed by atoms with Crippen LogP contribution in [0.4, 0.5) is 0 Å². The van der Waals surface area contributed by atoms with E-state index < -0.39 is 0 Å². The van der Waals surface area contributed by atoms with E-state index in [9.17, 15) is 0 Å². The van der Waals surface area contributed by atoms with Gasteiger partial charge in [0.15, 0.2) is 0 Å². The molecule has 3 rings (SSSR count). The molecule has 0 saturated carbocycles. The number of hydrogen-bond donors (Lipinski definition) is 0. The van der Waals surface area contributed by atoms with Crippen molar-refractivity contribution in [3.8, 4) is 0 Å². The van der Waals surface area contributed by atoms with Gasteiger partial charge in [-0.3, -0.25) is 0 Å². The van der Waals surface area contributed by atoms with E-state index in [2.05, 4.69) is 36.3 Å². The topological polar surface area (TPSA) is 24.8 Å². The van der Waals surface area contributed by atoms with Gasteiger partial charge < -0.3 is 0 Å². The molecule has 1 aliphatic rings. The van der Waals surface area contributed by atoms with Crippen LogP contribution in [0.3, 0.4) is 0 Å². The molecule has 0 N–H and O–H groups in total. The molecule has 0 saturated heterocycles. The van der Waals surface area contributed by atoms with Crippen LogP contribution in [0.15, 0.2) is 65.9 Å². The van der Waals surface area contributed by atoms with Crippen molar-refractivity contribution in [2.75, 3.05) is 0 Å². The zero-order chi connectivity index (χ0) is 13.8. The van der Waals surface area contributed by atoms with Crippen LogP contribution in [0.2, 0.25) is 0 Å². The third-order valence-electron chi connectivity index (χ3n) is 3.14. The van der Waals surface area contributed by atoms with Crippen LogP contribution in [-0.2, 0) is 4.84 Å². The Morgan fingerprint density at radius 3 is 2.55 bits per heavy atom. The lowest BCUT2D eigenvalue weighted by Gasteiger charge is -2.12. The summed E-state index contributed by atoms with van der Waals surface area (Å²) in [5.41, 5.74) is 3.46. The maximum atomic E-state index is 5.73. The van der Waals surface area contributed by atoms with Gasteiger partial charge in [-0.25, -0.2) is 4.84 Å². The van der Waals surface area contributed by atoms with Crippen molar-refractivity contribution in [3.05, 3.63) is 77.5 Å². The monoisotopic (exact) mass is 264 g/mol. The van der Waals surface area contributed by atoms with Crippen LogP contribution in [0.1, 0.15) is 22.8 Å². The Morgan fingerprint density at radius 1 is 1.05 bits per heavy atom. The largest absolute Gasteiger partial charge is 0.238 e. The van der Waals surface area contributed by atoms with Gasteiger partial charge in [0.1, 0.15) is 6.10 Å². The molecular weight excluding hydrogens is 248 g/mol. The SMILES string of the molecule is Cc1ccc(C2C=NN(C=Cc3ccccc3)O2)cc1. The molecule has 0 bridgehead atoms. The van der Waals surface area contributed by atoms with E-state index >= 15 is 0 Å². The highest BCUT2D eigenvalue weighted by Crippen LogP contribution is 2.22. The minimum atomic E-state index is -0.115. The molecule has 0 spiro atoms. The summed E-state index contributed by atoms with van der Waals surface area (Å²) in [6, 6.07) is 18.4. The number of aryl methyl sites for hydroxylation is 1. The van der Waals surface area contributed by atoms with Crippen LogP contribution in [0.5, 0.6) is 0 Å². The minimum absolute atomic E-state index is 0.115. The maximum Gasteiger partial charge on any atom is 0.150 e. The highest BCUT2D eigenvalue weighted by atomic mass is 16.7. The molecule has 0 amide bonds. The Labute approximate surface area is 118 Å². The first kappa shape index (κ1) is 12.6. The average molecular weight is 264 g/mol. The summed E-state index contributed by atoms with van der Waals surface area (Å²) < 4.78 is 0. The second-order valence-corrected chi connectivity index (χ2v) is 4.73. The van der Waals surface area contributed by atoms with Crippen molar-refractivity contribution in [1.29, 1.82) is 0 Å². The predicted octanol–water partition coefficient (Wildman–Crippen LogP) is 3.94. The van der Waals surface area contributed by atoms with Crippen molar-refractivity contribution >= 4 is 12.3 Å². The van der Waals surface area contributed by atoms with E-state index in [1.54, 1.807) is 6.21 Å². The second kappa shape index (κ2) is 5.72. The van der Waals surface area contributed by atoms with E-state index in [0.29, 0.717) is 0 Å². The molecule has 1 heterocycles. The summed E-state index contributed by atoms with van der Waals surface area (Å²) in [6.45, 7) is 2.07. The van der Waals surface area contributed by atoms with Crippen molar-refractivity contribution < 1.29 is 4.84 Å². The molecule has 100 valence electrons. The van der Waals surface area contributed by atoms with Crippen molar-refractivity contribution in [2.24, 2.45) is 5.10 Å². The molecule has 3 nitrogen and oxygen atoms in total. The normalized spacial score (nSPS) is 18.1. The Bertz CT molecular complexity index is 617. The molecule has 3 heteroatoms. The van der Waals surface area contributed by atoms with Crippen LogP contribution in [0, 0.1) is 6.92 Å². The zero-order valence-electron chi connectivity index (χ0n) is 11.3. The Balaban J connectivity index is 1.64. The van der Waals surface area contributed by atoms with Crippen molar-refractivity contribution in [1.82, 2.24) is 5.17 Å². The molecule has 0 fully saturated rings. The quantitative estimate of drug-likeness (QED) is 0.838. The Hall–Kier alpha value is -2.39. The number of hydrazone groups is 1. The summed E-state index contributed by atoms with van der Waals surface area (Å²) in [5, 5.41) is 5.73. The zero-order valence-corrected chi connectivity index (χ0v) is 11.3. The summed E-state index contributed by atoms with van der Waals surface area (Å²) in [7, 11) is 0. The minimum Gasteiger partial charge on any atom is -0.238 e. The third kappa shape index (κ3) is 2.95. The fraction of sp³-hybridized carbons (Fsp3) is 0.118. The molecule has 2 aromatic carbocycles. The second-order valence-electron chi connectivity index (χ2n) is 4.73. The van der Waals surface area contributed by atoms with Crippen molar-refractivity contribution in [3.63, 3.8) is 0 Å². The van der Waals surface area contributed by atoms with E-state index in [1.807, 2.05) is 42.6 Å². The molecular formula is C17H16N2O. The molecule has 0 aliphatic carbocycles. The molecule has 1 aliphatic heterocycles. The lowest BCUT2D eigenvalue weighted by molar-refractivity contribution is -0.120. The third-order valence-corrected chi connectivity index (χ3v) is 3.14. The highest BCUT2D eigenvalue weighted by molar-refractivity contribution is 5.67. The number of hydroxylamine groups is 1. The first-order chi connectivity index (χ1) is 9.81. The van der Waals surface area contributed by atoms with Gasteiger partial charge in [-0.2, -0.15) is 5.10 Å². The van der Waals surface area contributed by atoms with Gasteiger partial charge in [0, 0.05) is 0 Å². The lowest BCUT2D eigenvalue weighted by Crippen LogP contribution is -2.07. The van der Waals surface area contributed by atoms with Gasteiger partial charge in [0.25, 0.3) is 0 Å². The van der Waals surface area contributed by atoms with Crippen LogP contribution in [-0.4, -0.2) is 11.4 Å². The summed E-state index contributed by atoms with van der Waals surface area (Å²) in [6.07, 6.45) is 5.48. The van der Waals surface area contributed by atoms with Crippen LogP contribution < -0.4 is 0 Å². The van der Waals surface area contributed by atoms with Gasteiger partial charge in [0.05, 0.1) is 12.4 Å². The maximum absolute atomic E-state index is 5.73. The van der Waals surface area contributed by atoms with Gasteiger partial charge in [0.2, 0.25) is 0 Å². The van der Waals surface area contributed by atoms with Crippen LogP contribution in [0.25, 0.3) is 6.08 Å². The molecule has 1 unspecified atom stereocenters. The summed E-state index contributed by atoms with van der Waals surface area (Å²) in [5.74, 6) is 0. The molecule has 0 radical (unpaired) electrons. The molecule has 0 aromatic heterocycles. The fourth-order valence-corrected chi connectivity index (χ4v) is 1.99. The molecule has 20 heavy (non-hydrogen) atoms. The van der Waals surface area contributed by atoms with E-state index in [4.69, 9.17) is 4.84 Å².